The van der Waals surface area contributed by atoms with Crippen LogP contribution in [-0.4, -0.2) is 22.5 Å². The number of aliphatic hydroxyl groups is 1. The average molecular weight is 353 g/mol. The molecule has 5 heteroatoms. The normalized spacial score (nSPS) is 13.9. The Kier molecular flexibility index (Phi) is 5.60. The number of nitrogens with zero attached hydrogens (tertiary/aromatic N) is 1. The van der Waals surface area contributed by atoms with E-state index >= 15 is 0 Å². The summed E-state index contributed by atoms with van der Waals surface area (Å²) < 4.78 is 0.967. The summed E-state index contributed by atoms with van der Waals surface area (Å²) in [6, 6.07) is 13.7. The molecule has 0 bridgehead atoms. The summed E-state index contributed by atoms with van der Waals surface area (Å²) in [5.41, 5.74) is 6.59. The second-order valence-electron chi connectivity index (χ2n) is 4.59. The van der Waals surface area contributed by atoms with Crippen LogP contribution in [0, 0.1) is 0 Å². The van der Waals surface area contributed by atoms with E-state index in [0.717, 1.165) is 20.8 Å². The van der Waals surface area contributed by atoms with E-state index in [1.165, 1.54) is 0 Å². The number of nitrogens with two attached hydrogens (primary N) is 1. The maximum Gasteiger partial charge on any atom is 0.0960 e. The summed E-state index contributed by atoms with van der Waals surface area (Å²) in [4.78, 5) is 4.31. The van der Waals surface area contributed by atoms with Crippen LogP contribution in [0.25, 0.3) is 0 Å². The lowest BCUT2D eigenvalue weighted by molar-refractivity contribution is 0.193. The smallest absolute Gasteiger partial charge is 0.0960 e. The molecule has 0 aliphatic rings. The summed E-state index contributed by atoms with van der Waals surface area (Å²) in [6.07, 6.45) is 2.47. The predicted molar refractivity (Wildman–Crippen MR) is 86.7 cm³/mol. The van der Waals surface area contributed by atoms with E-state index < -0.39 is 5.54 Å². The number of aliphatic hydroxyl groups excluding tert-OH is 1. The third kappa shape index (κ3) is 4.06. The summed E-state index contributed by atoms with van der Waals surface area (Å²) in [5.74, 6) is 0.806. The van der Waals surface area contributed by atoms with Gasteiger partial charge in [0.25, 0.3) is 0 Å². The third-order valence-electron chi connectivity index (χ3n) is 3.13. The van der Waals surface area contributed by atoms with E-state index in [2.05, 4.69) is 20.9 Å². The van der Waals surface area contributed by atoms with Gasteiger partial charge in [-0.3, -0.25) is 0 Å². The van der Waals surface area contributed by atoms with Crippen LogP contribution in [0.3, 0.4) is 0 Å². The highest BCUT2D eigenvalue weighted by Crippen LogP contribution is 2.26. The van der Waals surface area contributed by atoms with Crippen LogP contribution in [0.4, 0.5) is 0 Å². The molecule has 0 saturated heterocycles. The molecule has 0 radical (unpaired) electrons. The van der Waals surface area contributed by atoms with Gasteiger partial charge in [0, 0.05) is 16.4 Å². The van der Waals surface area contributed by atoms with E-state index in [1.54, 1.807) is 18.0 Å². The molecule has 1 aromatic carbocycles. The largest absolute Gasteiger partial charge is 0.394 e. The van der Waals surface area contributed by atoms with Gasteiger partial charge in [-0.15, -0.1) is 11.8 Å². The van der Waals surface area contributed by atoms with Crippen molar-refractivity contribution in [2.45, 2.75) is 17.0 Å². The lowest BCUT2D eigenvalue weighted by Gasteiger charge is -2.27. The summed E-state index contributed by atoms with van der Waals surface area (Å²) >= 11 is 5.01. The van der Waals surface area contributed by atoms with Gasteiger partial charge in [0.1, 0.15) is 0 Å². The zero-order valence-corrected chi connectivity index (χ0v) is 13.4. The zero-order valence-electron chi connectivity index (χ0n) is 11.0. The fourth-order valence-electron chi connectivity index (χ4n) is 1.87. The fraction of sp³-hybridized carbons (Fsp3) is 0.267. The number of hydrogen-bond acceptors (Lipinski definition) is 4. The van der Waals surface area contributed by atoms with Crippen molar-refractivity contribution in [3.8, 4) is 0 Å². The molecule has 2 rings (SSSR count). The van der Waals surface area contributed by atoms with Gasteiger partial charge in [-0.2, -0.15) is 0 Å². The number of rotatable bonds is 6. The van der Waals surface area contributed by atoms with Crippen LogP contribution in [-0.2, 0) is 5.54 Å². The summed E-state index contributed by atoms with van der Waals surface area (Å²) in [5, 5.41) is 10.6. The van der Waals surface area contributed by atoms with Gasteiger partial charge in [-0.1, -0.05) is 30.3 Å². The number of benzene rings is 1. The minimum absolute atomic E-state index is 0.0641. The van der Waals surface area contributed by atoms with Crippen LogP contribution in [0.15, 0.2) is 58.2 Å². The topological polar surface area (TPSA) is 59.1 Å². The Morgan fingerprint density at radius 3 is 2.55 bits per heavy atom. The predicted octanol–water partition coefficient (Wildman–Crippen LogP) is 3.17. The summed E-state index contributed by atoms with van der Waals surface area (Å²) in [6.45, 7) is -0.0641. The van der Waals surface area contributed by atoms with Crippen molar-refractivity contribution in [1.82, 2.24) is 4.98 Å². The molecule has 3 N–H and O–H groups in total. The molecule has 0 fully saturated rings. The molecule has 0 aliphatic heterocycles. The SMILES string of the molecule is NC(CO)(CCSc1ccc(Br)cn1)c1ccccc1. The highest BCUT2D eigenvalue weighted by atomic mass is 79.9. The first-order valence-corrected chi connectivity index (χ1v) is 8.11. The van der Waals surface area contributed by atoms with Gasteiger partial charge in [-0.25, -0.2) is 4.98 Å². The van der Waals surface area contributed by atoms with Crippen LogP contribution < -0.4 is 5.73 Å². The van der Waals surface area contributed by atoms with Crippen molar-refractivity contribution in [2.24, 2.45) is 5.73 Å². The Morgan fingerprint density at radius 1 is 1.20 bits per heavy atom. The van der Waals surface area contributed by atoms with Crippen molar-refractivity contribution in [3.05, 3.63) is 58.7 Å². The fourth-order valence-corrected chi connectivity index (χ4v) is 3.07. The third-order valence-corrected chi connectivity index (χ3v) is 4.54. The van der Waals surface area contributed by atoms with E-state index in [1.807, 2.05) is 42.5 Å². The van der Waals surface area contributed by atoms with Crippen LogP contribution in [0.1, 0.15) is 12.0 Å². The number of thioether (sulfide) groups is 1. The first kappa shape index (κ1) is 15.5. The molecular formula is C15H17BrN2OS. The molecule has 20 heavy (non-hydrogen) atoms. The molecule has 3 nitrogen and oxygen atoms in total. The number of aromatic nitrogens is 1. The number of halogens is 1. The monoisotopic (exact) mass is 352 g/mol. The Balaban J connectivity index is 1.96. The molecule has 1 atom stereocenters. The van der Waals surface area contributed by atoms with Crippen molar-refractivity contribution in [1.29, 1.82) is 0 Å². The molecule has 1 unspecified atom stereocenters. The zero-order chi connectivity index (χ0) is 14.4. The minimum atomic E-state index is -0.691. The van der Waals surface area contributed by atoms with E-state index in [0.29, 0.717) is 6.42 Å². The Hall–Kier alpha value is -0.880. The van der Waals surface area contributed by atoms with Gasteiger partial charge in [0.05, 0.1) is 17.2 Å². The maximum absolute atomic E-state index is 9.62. The van der Waals surface area contributed by atoms with Gasteiger partial charge in [0.15, 0.2) is 0 Å². The number of hydrogen-bond donors (Lipinski definition) is 2. The quantitative estimate of drug-likeness (QED) is 0.784. The Morgan fingerprint density at radius 2 is 1.95 bits per heavy atom. The van der Waals surface area contributed by atoms with Gasteiger partial charge < -0.3 is 10.8 Å². The molecule has 0 spiro atoms. The van der Waals surface area contributed by atoms with Crippen molar-refractivity contribution in [3.63, 3.8) is 0 Å². The highest BCUT2D eigenvalue weighted by Gasteiger charge is 2.25. The molecule has 0 amide bonds. The Bertz CT molecular complexity index is 535. The lowest BCUT2D eigenvalue weighted by Crippen LogP contribution is -2.41. The van der Waals surface area contributed by atoms with E-state index in [9.17, 15) is 5.11 Å². The second kappa shape index (κ2) is 7.22. The first-order chi connectivity index (χ1) is 9.64. The molecule has 106 valence electrons. The standard InChI is InChI=1S/C15H17BrN2OS/c16-13-6-7-14(18-10-13)20-9-8-15(17,11-19)12-4-2-1-3-5-12/h1-7,10,19H,8-9,11,17H2. The van der Waals surface area contributed by atoms with Crippen LogP contribution in [0.5, 0.6) is 0 Å². The lowest BCUT2D eigenvalue weighted by atomic mass is 9.89. The maximum atomic E-state index is 9.62. The molecule has 1 heterocycles. The molecule has 0 aliphatic carbocycles. The van der Waals surface area contributed by atoms with Crippen molar-refractivity contribution >= 4 is 27.7 Å². The minimum Gasteiger partial charge on any atom is -0.394 e. The highest BCUT2D eigenvalue weighted by molar-refractivity contribution is 9.10. The van der Waals surface area contributed by atoms with Gasteiger partial charge in [-0.05, 0) is 40.0 Å². The molecule has 0 saturated carbocycles. The number of pyridine rings is 1. The van der Waals surface area contributed by atoms with E-state index in [-0.39, 0.29) is 6.61 Å². The van der Waals surface area contributed by atoms with E-state index in [4.69, 9.17) is 5.73 Å². The van der Waals surface area contributed by atoms with Crippen LogP contribution in [0.2, 0.25) is 0 Å². The van der Waals surface area contributed by atoms with Gasteiger partial charge >= 0.3 is 0 Å². The second-order valence-corrected chi connectivity index (χ2v) is 6.62. The van der Waals surface area contributed by atoms with Gasteiger partial charge in [0.2, 0.25) is 0 Å². The average Bonchev–Trinajstić information content (AvgIpc) is 2.50. The van der Waals surface area contributed by atoms with Crippen LogP contribution >= 0.6 is 27.7 Å². The van der Waals surface area contributed by atoms with Crippen molar-refractivity contribution < 1.29 is 5.11 Å². The molecular weight excluding hydrogens is 336 g/mol. The first-order valence-electron chi connectivity index (χ1n) is 6.34. The summed E-state index contributed by atoms with van der Waals surface area (Å²) in [7, 11) is 0. The van der Waals surface area contributed by atoms with Crippen molar-refractivity contribution in [2.75, 3.05) is 12.4 Å². The molecule has 1 aromatic heterocycles. The molecule has 2 aromatic rings. The Labute approximate surface area is 131 Å².